The first-order valence-corrected chi connectivity index (χ1v) is 6.56. The summed E-state index contributed by atoms with van der Waals surface area (Å²) in [7, 11) is -1.05. The van der Waals surface area contributed by atoms with Crippen LogP contribution in [0, 0.1) is 0 Å². The minimum Gasteiger partial charge on any atom is -0.399 e. The van der Waals surface area contributed by atoms with Gasteiger partial charge in [-0.3, -0.25) is 9.97 Å². The fourth-order valence-corrected chi connectivity index (χ4v) is 1.83. The first-order chi connectivity index (χ1) is 12.8. The van der Waals surface area contributed by atoms with Crippen LogP contribution in [0.25, 0.3) is 11.4 Å². The van der Waals surface area contributed by atoms with Gasteiger partial charge in [0, 0.05) is 17.8 Å². The maximum Gasteiger partial charge on any atom is 0.496 e. The van der Waals surface area contributed by atoms with Gasteiger partial charge in [0.15, 0.2) is 0 Å². The highest BCUT2D eigenvalue weighted by molar-refractivity contribution is 6.62. The number of pyridine rings is 2. The van der Waals surface area contributed by atoms with Crippen LogP contribution in [0.15, 0.2) is 42.6 Å². The summed E-state index contributed by atoms with van der Waals surface area (Å²) in [5.74, 6) is 0. The summed E-state index contributed by atoms with van der Waals surface area (Å²) in [4.78, 5) is 7.79. The monoisotopic (exact) mass is 289 g/mol. The number of hydrogen-bond donors (Lipinski definition) is 0. The van der Waals surface area contributed by atoms with E-state index in [0.29, 0.717) is 0 Å². The van der Waals surface area contributed by atoms with E-state index in [9.17, 15) is 0 Å². The summed E-state index contributed by atoms with van der Waals surface area (Å²) in [5, 5.41) is 0. The predicted octanol–water partition coefficient (Wildman–Crippen LogP) is 2.44. The molecule has 0 N–H and O–H groups in total. The number of aromatic nitrogens is 2. The van der Waals surface area contributed by atoms with E-state index in [1.54, 1.807) is 0 Å². The van der Waals surface area contributed by atoms with Gasteiger partial charge < -0.3 is 9.31 Å². The molecule has 0 radical (unpaired) electrons. The molecular weight excluding hydrogens is 263 g/mol. The molecule has 3 rings (SSSR count). The fraction of sp³-hybridized carbons (Fsp3) is 0.375. The van der Waals surface area contributed by atoms with E-state index >= 15 is 0 Å². The zero-order chi connectivity index (χ0) is 21.2. The van der Waals surface area contributed by atoms with Crippen LogP contribution in [0.5, 0.6) is 0 Å². The molecule has 0 aromatic carbocycles. The lowest BCUT2D eigenvalue weighted by molar-refractivity contribution is 0.00578. The summed E-state index contributed by atoms with van der Waals surface area (Å²) < 4.78 is 67.6. The number of hydrogen-bond acceptors (Lipinski definition) is 4. The Morgan fingerprint density at radius 1 is 0.952 bits per heavy atom. The minimum absolute atomic E-state index is 0.00626. The van der Waals surface area contributed by atoms with Crippen LogP contribution in [-0.2, 0) is 9.31 Å². The summed E-state index contributed by atoms with van der Waals surface area (Å²) >= 11 is 0. The highest BCUT2D eigenvalue weighted by Crippen LogP contribution is 2.36. The lowest BCUT2D eigenvalue weighted by Gasteiger charge is -2.32. The lowest BCUT2D eigenvalue weighted by Crippen LogP contribution is -2.41. The van der Waals surface area contributed by atoms with Crippen LogP contribution in [0.1, 0.15) is 37.3 Å². The van der Waals surface area contributed by atoms with E-state index in [2.05, 4.69) is 9.97 Å². The SMILES string of the molecule is [2H]c1nc(-c2nc([2H])c(B3OC(C)(C)C(C)(C)O3)c([2H])c2[2H])c([2H])c([2H])c1[2H]. The number of rotatable bonds is 2. The van der Waals surface area contributed by atoms with Gasteiger partial charge in [-0.2, -0.15) is 0 Å². The predicted molar refractivity (Wildman–Crippen MR) is 83.2 cm³/mol. The van der Waals surface area contributed by atoms with Gasteiger partial charge in [-0.25, -0.2) is 0 Å². The van der Waals surface area contributed by atoms with Crippen LogP contribution in [0.3, 0.4) is 0 Å². The van der Waals surface area contributed by atoms with Crippen molar-refractivity contribution in [2.75, 3.05) is 0 Å². The second kappa shape index (κ2) is 4.93. The van der Waals surface area contributed by atoms with Crippen LogP contribution in [-0.4, -0.2) is 28.3 Å². The van der Waals surface area contributed by atoms with Crippen molar-refractivity contribution in [1.29, 1.82) is 0 Å². The van der Waals surface area contributed by atoms with E-state index in [1.165, 1.54) is 0 Å². The van der Waals surface area contributed by atoms with Crippen LogP contribution < -0.4 is 5.46 Å². The molecule has 2 aromatic rings. The molecular formula is C16H19BN2O2. The molecule has 108 valence electrons. The van der Waals surface area contributed by atoms with Crippen molar-refractivity contribution < 1.29 is 18.9 Å². The molecule has 0 spiro atoms. The molecule has 0 atom stereocenters. The topological polar surface area (TPSA) is 44.2 Å². The highest BCUT2D eigenvalue weighted by Gasteiger charge is 2.51. The molecule has 1 saturated heterocycles. The molecule has 0 unspecified atom stereocenters. The van der Waals surface area contributed by atoms with Gasteiger partial charge in [0.1, 0.15) is 0 Å². The van der Waals surface area contributed by atoms with Crippen LogP contribution in [0.2, 0.25) is 0 Å². The van der Waals surface area contributed by atoms with Gasteiger partial charge >= 0.3 is 7.12 Å². The van der Waals surface area contributed by atoms with Crippen LogP contribution >= 0.6 is 0 Å². The summed E-state index contributed by atoms with van der Waals surface area (Å²) in [6, 6.07) is -2.29. The van der Waals surface area contributed by atoms with Gasteiger partial charge in [0.25, 0.3) is 0 Å². The van der Waals surface area contributed by atoms with Gasteiger partial charge in [-0.1, -0.05) is 12.1 Å². The Labute approximate surface area is 135 Å². The minimum atomic E-state index is -1.05. The Morgan fingerprint density at radius 3 is 2.33 bits per heavy atom. The van der Waals surface area contributed by atoms with Crippen molar-refractivity contribution in [1.82, 2.24) is 9.97 Å². The molecule has 0 aliphatic carbocycles. The Balaban J connectivity index is 2.16. The standard InChI is InChI=1S/C16H19BN2O2/c1-15(2)16(3,4)21-17(20-15)12-8-9-14(19-11-12)13-7-5-6-10-18-13/h5-11H,1-4H3/i5D,6D,7D,8D,9D,10D,11D. The first-order valence-electron chi connectivity index (χ1n) is 10.1. The third-order valence-corrected chi connectivity index (χ3v) is 3.78. The molecule has 1 fully saturated rings. The fourth-order valence-electron chi connectivity index (χ4n) is 1.83. The van der Waals surface area contributed by atoms with E-state index < -0.39 is 48.7 Å². The third-order valence-electron chi connectivity index (χ3n) is 3.78. The average Bonchev–Trinajstić information content (AvgIpc) is 2.80. The van der Waals surface area contributed by atoms with E-state index in [1.807, 2.05) is 27.7 Å². The summed E-state index contributed by atoms with van der Waals surface area (Å²) in [5.41, 5.74) is -1.94. The van der Waals surface area contributed by atoms with Gasteiger partial charge in [-0.05, 0) is 45.8 Å². The first kappa shape index (κ1) is 8.06. The number of nitrogens with zero attached hydrogens (tertiary/aromatic N) is 2. The Kier molecular flexibility index (Phi) is 1.89. The molecule has 0 bridgehead atoms. The van der Waals surface area contributed by atoms with Gasteiger partial charge in [-0.15, -0.1) is 0 Å². The lowest BCUT2D eigenvalue weighted by atomic mass is 9.80. The van der Waals surface area contributed by atoms with Crippen molar-refractivity contribution in [3.8, 4) is 11.4 Å². The van der Waals surface area contributed by atoms with Gasteiger partial charge in [0.2, 0.25) is 0 Å². The average molecular weight is 289 g/mol. The maximum atomic E-state index is 8.34. The second-order valence-corrected chi connectivity index (χ2v) is 5.77. The third kappa shape index (κ3) is 2.59. The zero-order valence-corrected chi connectivity index (χ0v) is 12.3. The van der Waals surface area contributed by atoms with E-state index in [4.69, 9.17) is 18.9 Å². The van der Waals surface area contributed by atoms with E-state index in [0.717, 1.165) is 0 Å². The molecule has 2 aromatic heterocycles. The Hall–Kier alpha value is -1.72. The highest BCUT2D eigenvalue weighted by atomic mass is 16.7. The maximum absolute atomic E-state index is 8.34. The Morgan fingerprint density at radius 2 is 1.62 bits per heavy atom. The quantitative estimate of drug-likeness (QED) is 0.797. The van der Waals surface area contributed by atoms with Crippen molar-refractivity contribution in [2.24, 2.45) is 0 Å². The largest absolute Gasteiger partial charge is 0.496 e. The molecule has 1 aliphatic heterocycles. The molecule has 1 aliphatic rings. The molecule has 4 nitrogen and oxygen atoms in total. The summed E-state index contributed by atoms with van der Waals surface area (Å²) in [6.45, 7) is 7.31. The van der Waals surface area contributed by atoms with Crippen molar-refractivity contribution in [3.63, 3.8) is 0 Å². The van der Waals surface area contributed by atoms with E-state index in [-0.39, 0.29) is 29.1 Å². The Bertz CT molecular complexity index is 968. The summed E-state index contributed by atoms with van der Waals surface area (Å²) in [6.07, 6.45) is -0.908. The van der Waals surface area contributed by atoms with Gasteiger partial charge in [0.05, 0.1) is 32.2 Å². The molecule has 5 heteroatoms. The molecule has 3 heterocycles. The van der Waals surface area contributed by atoms with Crippen molar-refractivity contribution in [2.45, 2.75) is 38.9 Å². The second-order valence-electron chi connectivity index (χ2n) is 5.77. The normalized spacial score (nSPS) is 24.4. The van der Waals surface area contributed by atoms with Crippen molar-refractivity contribution in [3.05, 3.63) is 42.6 Å². The molecule has 21 heavy (non-hydrogen) atoms. The zero-order valence-electron chi connectivity index (χ0n) is 19.3. The molecule has 0 saturated carbocycles. The molecule has 0 amide bonds. The smallest absolute Gasteiger partial charge is 0.399 e. The van der Waals surface area contributed by atoms with Crippen molar-refractivity contribution >= 4 is 12.6 Å². The van der Waals surface area contributed by atoms with Crippen LogP contribution in [0.4, 0.5) is 0 Å².